The molecular formula is C33H40N6O6S. The van der Waals surface area contributed by atoms with Gasteiger partial charge in [0.25, 0.3) is 11.5 Å². The molecule has 3 saturated carbocycles. The SMILES string of the molecule is O=C(Cn1cccc(NC(=O)[C@H](CCC(O)C(=O)NC2CCCC2)NC(=O)c2nc3ccccc3s2)c1=O)NC1CC2CCC1C2. The first kappa shape index (κ1) is 31.9. The number of rotatable bonds is 12. The lowest BCUT2D eigenvalue weighted by molar-refractivity contribution is -0.130. The molecule has 3 aliphatic rings. The predicted molar refractivity (Wildman–Crippen MR) is 173 cm³/mol. The molecule has 5 N–H and O–H groups in total. The minimum Gasteiger partial charge on any atom is -0.383 e. The second-order valence-electron chi connectivity index (χ2n) is 12.8. The van der Waals surface area contributed by atoms with Crippen LogP contribution in [0.2, 0.25) is 0 Å². The molecule has 46 heavy (non-hydrogen) atoms. The summed E-state index contributed by atoms with van der Waals surface area (Å²) in [4.78, 5) is 69.8. The number of carbonyl (C=O) groups is 4. The van der Waals surface area contributed by atoms with E-state index in [1.165, 1.54) is 34.6 Å². The smallest absolute Gasteiger partial charge is 0.280 e. The third kappa shape index (κ3) is 7.47. The van der Waals surface area contributed by atoms with Crippen molar-refractivity contribution in [2.24, 2.45) is 11.8 Å². The number of benzene rings is 1. The van der Waals surface area contributed by atoms with Crippen LogP contribution in [0.1, 0.15) is 74.0 Å². The van der Waals surface area contributed by atoms with E-state index in [4.69, 9.17) is 0 Å². The third-order valence-corrected chi connectivity index (χ3v) is 10.6. The second-order valence-corrected chi connectivity index (χ2v) is 13.8. The maximum atomic E-state index is 13.5. The number of aliphatic hydroxyl groups is 1. The Balaban J connectivity index is 1.12. The number of thiazole rings is 1. The largest absolute Gasteiger partial charge is 0.383 e. The maximum absolute atomic E-state index is 13.5. The predicted octanol–water partition coefficient (Wildman–Crippen LogP) is 2.70. The highest BCUT2D eigenvalue weighted by atomic mass is 32.1. The summed E-state index contributed by atoms with van der Waals surface area (Å²) in [6, 6.07) is 9.24. The van der Waals surface area contributed by atoms with Crippen molar-refractivity contribution in [2.75, 3.05) is 5.32 Å². The lowest BCUT2D eigenvalue weighted by Gasteiger charge is -2.23. The second kappa shape index (κ2) is 14.1. The van der Waals surface area contributed by atoms with Crippen molar-refractivity contribution < 1.29 is 24.3 Å². The zero-order chi connectivity index (χ0) is 32.2. The van der Waals surface area contributed by atoms with Crippen LogP contribution in [0.5, 0.6) is 0 Å². The van der Waals surface area contributed by atoms with Gasteiger partial charge in [-0.15, -0.1) is 11.3 Å². The Morgan fingerprint density at radius 3 is 2.50 bits per heavy atom. The average molecular weight is 649 g/mol. The molecule has 3 fully saturated rings. The lowest BCUT2D eigenvalue weighted by Crippen LogP contribution is -2.46. The molecule has 5 atom stereocenters. The Morgan fingerprint density at radius 1 is 0.957 bits per heavy atom. The van der Waals surface area contributed by atoms with Crippen molar-refractivity contribution in [1.29, 1.82) is 0 Å². The van der Waals surface area contributed by atoms with E-state index in [0.29, 0.717) is 17.4 Å². The summed E-state index contributed by atoms with van der Waals surface area (Å²) in [6.45, 7) is -0.184. The van der Waals surface area contributed by atoms with E-state index in [0.717, 1.165) is 49.6 Å². The number of hydrogen-bond acceptors (Lipinski definition) is 8. The monoisotopic (exact) mass is 648 g/mol. The molecule has 4 unspecified atom stereocenters. The van der Waals surface area contributed by atoms with Crippen LogP contribution >= 0.6 is 11.3 Å². The van der Waals surface area contributed by atoms with Gasteiger partial charge < -0.3 is 30.9 Å². The number of aliphatic hydroxyl groups excluding tert-OH is 1. The number of nitrogens with one attached hydrogen (secondary N) is 4. The average Bonchev–Trinajstić information content (AvgIpc) is 3.86. The van der Waals surface area contributed by atoms with Crippen LogP contribution in [0.15, 0.2) is 47.4 Å². The molecule has 4 amide bonds. The topological polar surface area (TPSA) is 172 Å². The van der Waals surface area contributed by atoms with E-state index in [1.807, 2.05) is 18.2 Å². The zero-order valence-electron chi connectivity index (χ0n) is 25.6. The van der Waals surface area contributed by atoms with Gasteiger partial charge in [-0.25, -0.2) is 4.98 Å². The first-order valence-electron chi connectivity index (χ1n) is 16.2. The van der Waals surface area contributed by atoms with Gasteiger partial charge in [-0.1, -0.05) is 31.4 Å². The third-order valence-electron chi connectivity index (χ3n) is 9.52. The molecule has 13 heteroatoms. The van der Waals surface area contributed by atoms with Gasteiger partial charge in [0, 0.05) is 18.3 Å². The quantitative estimate of drug-likeness (QED) is 0.201. The number of nitrogens with zero attached hydrogens (tertiary/aromatic N) is 2. The first-order chi connectivity index (χ1) is 22.2. The molecule has 2 bridgehead atoms. The summed E-state index contributed by atoms with van der Waals surface area (Å²) >= 11 is 1.18. The summed E-state index contributed by atoms with van der Waals surface area (Å²) < 4.78 is 2.05. The summed E-state index contributed by atoms with van der Waals surface area (Å²) in [7, 11) is 0. The number of carbonyl (C=O) groups excluding carboxylic acids is 4. The van der Waals surface area contributed by atoms with Crippen LogP contribution in [0.25, 0.3) is 10.2 Å². The molecule has 3 aromatic rings. The number of para-hydroxylation sites is 1. The molecule has 244 valence electrons. The van der Waals surface area contributed by atoms with E-state index < -0.39 is 35.4 Å². The molecular weight excluding hydrogens is 608 g/mol. The van der Waals surface area contributed by atoms with Crippen LogP contribution in [-0.4, -0.2) is 62.5 Å². The Morgan fingerprint density at radius 2 is 1.76 bits per heavy atom. The van der Waals surface area contributed by atoms with Crippen LogP contribution < -0.4 is 26.8 Å². The highest BCUT2D eigenvalue weighted by Gasteiger charge is 2.40. The number of aromatic nitrogens is 2. The van der Waals surface area contributed by atoms with Gasteiger partial charge in [-0.2, -0.15) is 0 Å². The fourth-order valence-electron chi connectivity index (χ4n) is 7.09. The summed E-state index contributed by atoms with van der Waals surface area (Å²) in [5.41, 5.74) is 0.0251. The Kier molecular flexibility index (Phi) is 9.78. The Bertz CT molecular complexity index is 1630. The summed E-state index contributed by atoms with van der Waals surface area (Å²) in [5, 5.41) is 21.9. The summed E-state index contributed by atoms with van der Waals surface area (Å²) in [5.74, 6) is -0.888. The van der Waals surface area contributed by atoms with E-state index in [9.17, 15) is 29.1 Å². The van der Waals surface area contributed by atoms with Gasteiger partial charge in [-0.3, -0.25) is 24.0 Å². The number of fused-ring (bicyclic) bond motifs is 3. The normalized spacial score (nSPS) is 22.0. The molecule has 2 aromatic heterocycles. The molecule has 0 saturated heterocycles. The van der Waals surface area contributed by atoms with Crippen LogP contribution in [0.3, 0.4) is 0 Å². The van der Waals surface area contributed by atoms with Gasteiger partial charge in [0.15, 0.2) is 5.01 Å². The van der Waals surface area contributed by atoms with Crippen molar-refractivity contribution >= 4 is 50.9 Å². The van der Waals surface area contributed by atoms with Crippen LogP contribution in [0.4, 0.5) is 5.69 Å². The van der Waals surface area contributed by atoms with Gasteiger partial charge in [0.05, 0.1) is 10.2 Å². The van der Waals surface area contributed by atoms with Crippen LogP contribution in [-0.2, 0) is 20.9 Å². The van der Waals surface area contributed by atoms with Crippen molar-refractivity contribution in [3.05, 3.63) is 58.0 Å². The van der Waals surface area contributed by atoms with E-state index in [-0.39, 0.29) is 48.1 Å². The molecule has 2 heterocycles. The molecule has 3 aliphatic carbocycles. The summed E-state index contributed by atoms with van der Waals surface area (Å²) in [6.07, 6.45) is 8.16. The van der Waals surface area contributed by atoms with E-state index in [1.54, 1.807) is 12.1 Å². The molecule has 6 rings (SSSR count). The van der Waals surface area contributed by atoms with Crippen molar-refractivity contribution in [3.8, 4) is 0 Å². The number of pyridine rings is 1. The lowest BCUT2D eigenvalue weighted by atomic mass is 9.95. The van der Waals surface area contributed by atoms with Crippen molar-refractivity contribution in [1.82, 2.24) is 25.5 Å². The number of hydrogen-bond donors (Lipinski definition) is 5. The molecule has 1 aromatic carbocycles. The minimum atomic E-state index is -1.38. The number of anilines is 1. The van der Waals surface area contributed by atoms with E-state index in [2.05, 4.69) is 26.3 Å². The standard InChI is InChI=1S/C33H40N6O6S/c40-26(30(43)34-21-6-1-2-7-21)14-13-23(36-31(44)32-38-22-8-3-4-10-27(22)46-32)29(42)37-24-9-5-15-39(33(24)45)18-28(41)35-25-17-19-11-12-20(25)16-19/h3-5,8-10,15,19-21,23,25-26,40H,1-2,6-7,11-14,16-18H2,(H,34,43)(H,35,41)(H,36,44)(H,37,42)/t19?,20?,23-,25?,26?/m0/s1. The van der Waals surface area contributed by atoms with Crippen LogP contribution in [0, 0.1) is 11.8 Å². The highest BCUT2D eigenvalue weighted by Crippen LogP contribution is 2.44. The molecule has 0 aliphatic heterocycles. The highest BCUT2D eigenvalue weighted by molar-refractivity contribution is 7.20. The van der Waals surface area contributed by atoms with Gasteiger partial charge in [-0.05, 0) is 81.0 Å². The zero-order valence-corrected chi connectivity index (χ0v) is 26.4. The minimum absolute atomic E-state index is 0.0237. The first-order valence-corrected chi connectivity index (χ1v) is 17.0. The fraction of sp³-hybridized carbons (Fsp3) is 0.515. The maximum Gasteiger partial charge on any atom is 0.280 e. The van der Waals surface area contributed by atoms with Crippen molar-refractivity contribution in [2.45, 2.75) is 95.0 Å². The fourth-order valence-corrected chi connectivity index (χ4v) is 7.96. The molecule has 0 spiro atoms. The van der Waals surface area contributed by atoms with Gasteiger partial charge >= 0.3 is 0 Å². The molecule has 12 nitrogen and oxygen atoms in total. The molecule has 0 radical (unpaired) electrons. The van der Waals surface area contributed by atoms with E-state index >= 15 is 0 Å². The Hall–Kier alpha value is -4.10. The van der Waals surface area contributed by atoms with Crippen molar-refractivity contribution in [3.63, 3.8) is 0 Å². The Labute approximate surface area is 270 Å². The van der Waals surface area contributed by atoms with Gasteiger partial charge in [0.1, 0.15) is 24.4 Å². The van der Waals surface area contributed by atoms with Gasteiger partial charge in [0.2, 0.25) is 17.7 Å². The number of amides is 4.